The summed E-state index contributed by atoms with van der Waals surface area (Å²) in [6.07, 6.45) is 8.27. The minimum Gasteiger partial charge on any atom is -0.135 e. The van der Waals surface area contributed by atoms with Gasteiger partial charge >= 0.3 is 0 Å². The molecule has 0 unspecified atom stereocenters. The van der Waals surface area contributed by atoms with Gasteiger partial charge in [-0.25, -0.2) is 0 Å². The van der Waals surface area contributed by atoms with E-state index in [0.717, 1.165) is 6.42 Å². The average Bonchev–Trinajstić information content (AvgIpc) is 3.75. The molecule has 216 valence electrons. The van der Waals surface area contributed by atoms with Crippen LogP contribution in [0, 0.1) is 0 Å². The Bertz CT molecular complexity index is 2770. The van der Waals surface area contributed by atoms with Gasteiger partial charge in [0.25, 0.3) is 0 Å². The molecule has 46 heavy (non-hydrogen) atoms. The second-order valence-corrected chi connectivity index (χ2v) is 15.1. The van der Waals surface area contributed by atoms with Gasteiger partial charge in [-0.2, -0.15) is 0 Å². The summed E-state index contributed by atoms with van der Waals surface area (Å²) in [5.41, 5.74) is 7.88. The van der Waals surface area contributed by atoms with Crippen molar-refractivity contribution in [1.82, 2.24) is 0 Å². The predicted molar refractivity (Wildman–Crippen MR) is 207 cm³/mol. The molecule has 0 spiro atoms. The first kappa shape index (κ1) is 26.4. The Kier molecular flexibility index (Phi) is 5.95. The van der Waals surface area contributed by atoms with Crippen molar-refractivity contribution in [3.05, 3.63) is 162 Å². The lowest BCUT2D eigenvalue weighted by atomic mass is 9.95. The molecule has 0 saturated carbocycles. The van der Waals surface area contributed by atoms with E-state index in [1.54, 1.807) is 0 Å². The van der Waals surface area contributed by atoms with Gasteiger partial charge in [0.1, 0.15) is 0 Å². The lowest BCUT2D eigenvalue weighted by Crippen LogP contribution is -1.87. The van der Waals surface area contributed by atoms with Crippen molar-refractivity contribution < 1.29 is 0 Å². The molecular formula is C43H26S3. The van der Waals surface area contributed by atoms with Crippen LogP contribution >= 0.6 is 34.0 Å². The summed E-state index contributed by atoms with van der Waals surface area (Å²) < 4.78 is 8.11. The highest BCUT2D eigenvalue weighted by Crippen LogP contribution is 2.45. The summed E-state index contributed by atoms with van der Waals surface area (Å²) in [5.74, 6) is 0. The van der Waals surface area contributed by atoms with E-state index in [0.29, 0.717) is 0 Å². The van der Waals surface area contributed by atoms with E-state index in [1.807, 2.05) is 34.0 Å². The lowest BCUT2D eigenvalue weighted by Gasteiger charge is -2.10. The molecular weight excluding hydrogens is 613 g/mol. The van der Waals surface area contributed by atoms with Crippen molar-refractivity contribution in [2.75, 3.05) is 0 Å². The first-order valence-electron chi connectivity index (χ1n) is 15.6. The standard InChI is InChI=1S/C43H26S3/c1-4-19-38-32(10-1)35-16-7-13-29(41(35)44-38)26-22-23-27(30-14-8-17-36-33-11-2-5-20-39(33)45-42(30)36)25-28(24-26)31-15-9-18-37-34-12-3-6-21-40(34)46-43(31)37/h1-22,24-25H,23H2. The molecule has 0 fully saturated rings. The molecule has 0 bridgehead atoms. The third-order valence-corrected chi connectivity index (χ3v) is 13.0. The van der Waals surface area contributed by atoms with Gasteiger partial charge in [-0.3, -0.25) is 0 Å². The van der Waals surface area contributed by atoms with E-state index in [-0.39, 0.29) is 0 Å². The van der Waals surface area contributed by atoms with Crippen LogP contribution in [0.1, 0.15) is 23.1 Å². The number of thiophene rings is 3. The smallest absolute Gasteiger partial charge is 0.0433 e. The fourth-order valence-corrected chi connectivity index (χ4v) is 10.9. The third kappa shape index (κ3) is 4.03. The number of allylic oxidation sites excluding steroid dienone is 6. The number of benzene rings is 6. The van der Waals surface area contributed by atoms with Crippen LogP contribution in [0.4, 0.5) is 0 Å². The minimum absolute atomic E-state index is 0.867. The first-order valence-corrected chi connectivity index (χ1v) is 18.1. The molecule has 0 nitrogen and oxygen atoms in total. The van der Waals surface area contributed by atoms with Crippen LogP contribution in [-0.2, 0) is 0 Å². The summed E-state index contributed by atoms with van der Waals surface area (Å²) in [7, 11) is 0. The molecule has 0 N–H and O–H groups in total. The van der Waals surface area contributed by atoms with Gasteiger partial charge in [-0.1, -0.05) is 121 Å². The van der Waals surface area contributed by atoms with Gasteiger partial charge in [-0.05, 0) is 64.1 Å². The summed E-state index contributed by atoms with van der Waals surface area (Å²) in [6, 6.07) is 47.0. The number of rotatable bonds is 3. The minimum atomic E-state index is 0.867. The Morgan fingerprint density at radius 3 is 1.28 bits per heavy atom. The molecule has 3 aromatic heterocycles. The number of fused-ring (bicyclic) bond motifs is 9. The predicted octanol–water partition coefficient (Wildman–Crippen LogP) is 13.7. The van der Waals surface area contributed by atoms with E-state index in [4.69, 9.17) is 0 Å². The maximum Gasteiger partial charge on any atom is 0.0433 e. The van der Waals surface area contributed by atoms with Crippen LogP contribution in [-0.4, -0.2) is 0 Å². The molecule has 1 aliphatic carbocycles. The van der Waals surface area contributed by atoms with Crippen molar-refractivity contribution in [2.45, 2.75) is 6.42 Å². The second kappa shape index (κ2) is 10.4. The highest BCUT2D eigenvalue weighted by Gasteiger charge is 2.19. The van der Waals surface area contributed by atoms with Crippen molar-refractivity contribution in [1.29, 1.82) is 0 Å². The van der Waals surface area contributed by atoms with Gasteiger partial charge in [0.15, 0.2) is 0 Å². The molecule has 0 atom stereocenters. The maximum atomic E-state index is 2.48. The Labute approximate surface area is 278 Å². The maximum absolute atomic E-state index is 2.48. The molecule has 10 rings (SSSR count). The molecule has 1 aliphatic rings. The molecule has 3 heterocycles. The van der Waals surface area contributed by atoms with Gasteiger partial charge in [0, 0.05) is 60.5 Å². The quantitative estimate of drug-likeness (QED) is 0.181. The van der Waals surface area contributed by atoms with Crippen molar-refractivity contribution in [3.8, 4) is 0 Å². The molecule has 6 aromatic carbocycles. The van der Waals surface area contributed by atoms with Crippen molar-refractivity contribution >= 4 is 111 Å². The normalized spacial score (nSPS) is 14.0. The zero-order valence-electron chi connectivity index (χ0n) is 24.8. The number of hydrogen-bond acceptors (Lipinski definition) is 3. The fourth-order valence-electron chi connectivity index (χ4n) is 7.21. The summed E-state index contributed by atoms with van der Waals surface area (Å²) in [4.78, 5) is 0. The SMILES string of the molecule is C1=C(c2cccc3c2sc2ccccc23)C=C(c2cccc3c2sc2ccccc23)C=C(c2cccc3c2sc2ccccc23)C1. The van der Waals surface area contributed by atoms with Crippen LogP contribution in [0.15, 0.2) is 146 Å². The lowest BCUT2D eigenvalue weighted by molar-refractivity contribution is 1.42. The van der Waals surface area contributed by atoms with Gasteiger partial charge in [0.05, 0.1) is 0 Å². The van der Waals surface area contributed by atoms with Crippen LogP contribution in [0.25, 0.3) is 77.2 Å². The molecule has 0 radical (unpaired) electrons. The van der Waals surface area contributed by atoms with Crippen molar-refractivity contribution in [3.63, 3.8) is 0 Å². The van der Waals surface area contributed by atoms with E-state index >= 15 is 0 Å². The largest absolute Gasteiger partial charge is 0.135 e. The topological polar surface area (TPSA) is 0 Å². The molecule has 9 aromatic rings. The summed E-state index contributed by atoms with van der Waals surface area (Å²) in [6.45, 7) is 0. The monoisotopic (exact) mass is 638 g/mol. The van der Waals surface area contributed by atoms with Crippen LogP contribution in [0.2, 0.25) is 0 Å². The highest BCUT2D eigenvalue weighted by atomic mass is 32.1. The van der Waals surface area contributed by atoms with Crippen LogP contribution in [0.3, 0.4) is 0 Å². The van der Waals surface area contributed by atoms with Gasteiger partial charge < -0.3 is 0 Å². The number of hydrogen-bond donors (Lipinski definition) is 0. The third-order valence-electron chi connectivity index (χ3n) is 9.36. The van der Waals surface area contributed by atoms with E-state index in [9.17, 15) is 0 Å². The van der Waals surface area contributed by atoms with Gasteiger partial charge in [-0.15, -0.1) is 34.0 Å². The van der Waals surface area contributed by atoms with E-state index in [1.165, 1.54) is 93.9 Å². The van der Waals surface area contributed by atoms with Crippen molar-refractivity contribution in [2.24, 2.45) is 0 Å². The van der Waals surface area contributed by atoms with Crippen LogP contribution in [0.5, 0.6) is 0 Å². The zero-order chi connectivity index (χ0) is 30.2. The van der Waals surface area contributed by atoms with E-state index < -0.39 is 0 Å². The van der Waals surface area contributed by atoms with Gasteiger partial charge in [0.2, 0.25) is 0 Å². The first-order chi connectivity index (χ1) is 22.8. The molecule has 3 heteroatoms. The molecule has 0 aliphatic heterocycles. The fraction of sp³-hybridized carbons (Fsp3) is 0.0233. The Morgan fingerprint density at radius 1 is 0.348 bits per heavy atom. The molecule has 0 amide bonds. The Balaban J connectivity index is 1.24. The highest BCUT2D eigenvalue weighted by molar-refractivity contribution is 7.27. The zero-order valence-corrected chi connectivity index (χ0v) is 27.2. The Hall–Kier alpha value is -4.80. The summed E-state index contributed by atoms with van der Waals surface area (Å²) in [5, 5.41) is 8.04. The van der Waals surface area contributed by atoms with E-state index in [2.05, 4.69) is 146 Å². The summed E-state index contributed by atoms with van der Waals surface area (Å²) >= 11 is 5.73. The second-order valence-electron chi connectivity index (χ2n) is 12.0. The Morgan fingerprint density at radius 2 is 0.761 bits per heavy atom. The molecule has 0 saturated heterocycles. The van der Waals surface area contributed by atoms with Crippen LogP contribution < -0.4 is 0 Å². The average molecular weight is 639 g/mol.